The fourth-order valence-corrected chi connectivity index (χ4v) is 10.4. The maximum absolute atomic E-state index is 6.72. The van der Waals surface area contributed by atoms with Crippen LogP contribution < -0.4 is 28.4 Å². The van der Waals surface area contributed by atoms with Gasteiger partial charge in [0.2, 0.25) is 0 Å². The van der Waals surface area contributed by atoms with E-state index < -0.39 is 0 Å². The molecule has 0 radical (unpaired) electrons. The lowest BCUT2D eigenvalue weighted by Crippen LogP contribution is -2.15. The Labute approximate surface area is 508 Å². The van der Waals surface area contributed by atoms with E-state index in [9.17, 15) is 0 Å². The van der Waals surface area contributed by atoms with Crippen LogP contribution in [-0.4, -0.2) is 186 Å². The summed E-state index contributed by atoms with van der Waals surface area (Å²) in [6, 6.07) is 36.3. The topological polar surface area (TPSA) is 197 Å². The molecule has 0 bridgehead atoms. The molecule has 0 aliphatic carbocycles. The zero-order valence-corrected chi connectivity index (χ0v) is 51.4. The van der Waals surface area contributed by atoms with Crippen LogP contribution in [0.4, 0.5) is 5.69 Å². The number of nitrogens with zero attached hydrogens (tertiary/aromatic N) is 11. The van der Waals surface area contributed by atoms with E-state index >= 15 is 0 Å². The molecule has 1 aliphatic rings. The average Bonchev–Trinajstić information content (AvgIpc) is 3.62. The molecule has 1 aliphatic heterocycles. The summed E-state index contributed by atoms with van der Waals surface area (Å²) in [4.78, 5) is 39.3. The molecule has 0 atom stereocenters. The lowest BCUT2D eigenvalue weighted by Gasteiger charge is -2.13. The molecule has 11 rings (SSSR count). The van der Waals surface area contributed by atoms with E-state index in [0.717, 1.165) is 147 Å². The Morgan fingerprint density at radius 1 is 0.448 bits per heavy atom. The van der Waals surface area contributed by atoms with Crippen molar-refractivity contribution < 1.29 is 28.4 Å². The highest BCUT2D eigenvalue weighted by molar-refractivity contribution is 6.07. The van der Waals surface area contributed by atoms with E-state index in [1.165, 1.54) is 0 Å². The summed E-state index contributed by atoms with van der Waals surface area (Å²) in [7, 11) is 16.6. The van der Waals surface area contributed by atoms with Gasteiger partial charge in [-0.2, -0.15) is 0 Å². The largest absolute Gasteiger partial charge is 0.494 e. The van der Waals surface area contributed by atoms with E-state index in [1.807, 2.05) is 95.8 Å². The molecule has 20 heteroatoms. The molecule has 10 aromatic rings. The normalized spacial score (nSPS) is 12.4. The molecule has 0 saturated carbocycles. The number of nitrogens with one attached hydrogen (secondary N) is 3. The number of ether oxygens (including phenoxy) is 6. The molecule has 0 spiro atoms. The number of rotatable bonds is 32. The molecule has 4 aromatic heterocycles. The summed E-state index contributed by atoms with van der Waals surface area (Å²) in [6.07, 6.45) is 6.98. The van der Waals surface area contributed by atoms with Gasteiger partial charge in [0.15, 0.2) is 0 Å². The van der Waals surface area contributed by atoms with Crippen LogP contribution in [0.25, 0.3) is 67.3 Å². The summed E-state index contributed by atoms with van der Waals surface area (Å²) in [5.74, 6) is 6.60. The molecule has 0 fully saturated rings. The number of imidazole rings is 3. The first-order valence-electron chi connectivity index (χ1n) is 30.1. The predicted molar refractivity (Wildman–Crippen MR) is 344 cm³/mol. The highest BCUT2D eigenvalue weighted by Gasteiger charge is 2.22. The Kier molecular flexibility index (Phi) is 19.4. The molecular weight excluding hydrogens is 1100 g/mol. The van der Waals surface area contributed by atoms with Gasteiger partial charge in [0, 0.05) is 74.9 Å². The van der Waals surface area contributed by atoms with E-state index in [0.29, 0.717) is 87.1 Å². The zero-order valence-electron chi connectivity index (χ0n) is 51.4. The maximum Gasteiger partial charge on any atom is 0.142 e. The monoisotopic (exact) mass is 1180 g/mol. The standard InChI is InChI=1S/C67H80N14O6/c1-77(2)26-9-31-82-49-16-22-55-47(36-49)37-59(68-55)45-14-20-53(66-70-57-24-18-51(41-61(57)73-66)84-33-11-28-79(5)6)63(38-45)86-35-13-30-81-43-48(75-76-81)44-87-64-39-46(65-69-56-23-17-50(40-60(56)72-65)83-32-10-27-78(3)4)15-21-54(64)67-71-58-25-19-52(42-62(58)74-67)85-34-12-29-80(7)8/h14-25,36,38-43H,9-13,26-35,37,44H2,1-8H3,(H,69,72)(H,70,73)(H,71,74). The van der Waals surface area contributed by atoms with Crippen molar-refractivity contribution in [2.24, 2.45) is 4.99 Å². The molecule has 0 saturated heterocycles. The first-order chi connectivity index (χ1) is 42.3. The average molecular weight is 1180 g/mol. The second-order valence-corrected chi connectivity index (χ2v) is 23.2. The lowest BCUT2D eigenvalue weighted by atomic mass is 10.0. The molecule has 454 valence electrons. The molecule has 0 unspecified atom stereocenters. The minimum Gasteiger partial charge on any atom is -0.494 e. The van der Waals surface area contributed by atoms with Gasteiger partial charge in [0.1, 0.15) is 64.3 Å². The summed E-state index contributed by atoms with van der Waals surface area (Å²) < 4.78 is 39.7. The number of hydrogen-bond acceptors (Lipinski definition) is 16. The van der Waals surface area contributed by atoms with Crippen LogP contribution in [0.3, 0.4) is 0 Å². The first kappa shape index (κ1) is 59.9. The highest BCUT2D eigenvalue weighted by Crippen LogP contribution is 2.38. The highest BCUT2D eigenvalue weighted by atomic mass is 16.5. The van der Waals surface area contributed by atoms with Gasteiger partial charge in [-0.3, -0.25) is 9.67 Å². The number of aromatic nitrogens is 9. The van der Waals surface area contributed by atoms with Crippen LogP contribution in [0.15, 0.2) is 120 Å². The summed E-state index contributed by atoms with van der Waals surface area (Å²) in [5, 5.41) is 9.07. The molecule has 20 nitrogen and oxygen atoms in total. The SMILES string of the molecule is CN(C)CCCOc1ccc2c(c1)CC(c1ccc(-c3nc4ccc(OCCCN(C)C)cc4[nH]3)c(OCCCn3cc(COc4cc(-c5nc6ccc(OCCCN(C)C)cc6[nH]5)ccc4-c4nc5ccc(OCCCN(C)C)cc5[nH]4)nn3)c1)=N2. The van der Waals surface area contributed by atoms with Crippen LogP contribution in [0.1, 0.15) is 48.9 Å². The number of aryl methyl sites for hydroxylation is 1. The molecule has 0 amide bonds. The zero-order chi connectivity index (χ0) is 60.2. The number of fused-ring (bicyclic) bond motifs is 4. The van der Waals surface area contributed by atoms with Crippen molar-refractivity contribution in [3.8, 4) is 68.7 Å². The van der Waals surface area contributed by atoms with E-state index in [1.54, 1.807) is 0 Å². The Balaban J connectivity index is 0.789. The van der Waals surface area contributed by atoms with Crippen molar-refractivity contribution >= 4 is 44.5 Å². The van der Waals surface area contributed by atoms with Gasteiger partial charge in [0.05, 0.1) is 94.9 Å². The van der Waals surface area contributed by atoms with Gasteiger partial charge in [-0.05, 0) is 166 Å². The summed E-state index contributed by atoms with van der Waals surface area (Å²) >= 11 is 0. The van der Waals surface area contributed by atoms with Crippen LogP contribution in [0.5, 0.6) is 34.5 Å². The number of aromatic amines is 3. The van der Waals surface area contributed by atoms with E-state index in [4.69, 9.17) is 48.4 Å². The second-order valence-electron chi connectivity index (χ2n) is 23.2. The molecule has 5 heterocycles. The van der Waals surface area contributed by atoms with Crippen LogP contribution in [0.2, 0.25) is 0 Å². The fraction of sp³-hybridized carbons (Fsp3) is 0.373. The quantitative estimate of drug-likeness (QED) is 0.0336. The van der Waals surface area contributed by atoms with Crippen molar-refractivity contribution in [3.63, 3.8) is 0 Å². The van der Waals surface area contributed by atoms with Crippen molar-refractivity contribution in [2.45, 2.75) is 51.7 Å². The number of aliphatic imine (C=N–C) groups is 1. The minimum atomic E-state index is 0.156. The minimum absolute atomic E-state index is 0.156. The Morgan fingerprint density at radius 3 is 1.43 bits per heavy atom. The van der Waals surface area contributed by atoms with Gasteiger partial charge in [-0.1, -0.05) is 17.3 Å². The Morgan fingerprint density at radius 2 is 0.897 bits per heavy atom. The van der Waals surface area contributed by atoms with Gasteiger partial charge in [-0.15, -0.1) is 5.10 Å². The summed E-state index contributed by atoms with van der Waals surface area (Å²) in [5.41, 5.74) is 12.3. The first-order valence-corrected chi connectivity index (χ1v) is 30.1. The van der Waals surface area contributed by atoms with Gasteiger partial charge >= 0.3 is 0 Å². The molecular formula is C67H80N14O6. The Hall–Kier alpha value is -8.82. The van der Waals surface area contributed by atoms with E-state index in [2.05, 4.69) is 126 Å². The third-order valence-corrected chi connectivity index (χ3v) is 14.9. The van der Waals surface area contributed by atoms with Gasteiger partial charge < -0.3 is 63.0 Å². The predicted octanol–water partition coefficient (Wildman–Crippen LogP) is 11.0. The van der Waals surface area contributed by atoms with Crippen molar-refractivity contribution in [2.75, 3.05) is 116 Å². The molecule has 6 aromatic carbocycles. The van der Waals surface area contributed by atoms with Crippen molar-refractivity contribution in [1.29, 1.82) is 0 Å². The number of hydrogen-bond donors (Lipinski definition) is 3. The maximum atomic E-state index is 6.72. The fourth-order valence-electron chi connectivity index (χ4n) is 10.4. The third-order valence-electron chi connectivity index (χ3n) is 14.9. The van der Waals surface area contributed by atoms with E-state index in [-0.39, 0.29) is 6.61 Å². The van der Waals surface area contributed by atoms with Crippen molar-refractivity contribution in [1.82, 2.24) is 64.5 Å². The van der Waals surface area contributed by atoms with Crippen LogP contribution in [-0.2, 0) is 19.6 Å². The summed E-state index contributed by atoms with van der Waals surface area (Å²) in [6.45, 7) is 7.48. The molecule has 87 heavy (non-hydrogen) atoms. The number of benzene rings is 6. The lowest BCUT2D eigenvalue weighted by molar-refractivity contribution is 0.281. The smallest absolute Gasteiger partial charge is 0.142 e. The third kappa shape index (κ3) is 15.8. The van der Waals surface area contributed by atoms with Gasteiger partial charge in [0.25, 0.3) is 0 Å². The molecule has 3 N–H and O–H groups in total. The number of H-pyrrole nitrogens is 3. The van der Waals surface area contributed by atoms with Gasteiger partial charge in [-0.25, -0.2) is 15.0 Å². The van der Waals surface area contributed by atoms with Crippen LogP contribution >= 0.6 is 0 Å². The Bertz CT molecular complexity index is 3950. The van der Waals surface area contributed by atoms with Crippen LogP contribution in [0, 0.1) is 0 Å². The second kappa shape index (κ2) is 28.1. The van der Waals surface area contributed by atoms with Crippen molar-refractivity contribution in [3.05, 3.63) is 132 Å².